The van der Waals surface area contributed by atoms with Crippen LogP contribution in [0.3, 0.4) is 0 Å². The van der Waals surface area contributed by atoms with E-state index in [1.165, 1.54) is 28.0 Å². The summed E-state index contributed by atoms with van der Waals surface area (Å²) in [5.41, 5.74) is 3.66. The number of hydrogen-bond acceptors (Lipinski definition) is 2. The highest BCUT2D eigenvalue weighted by Gasteiger charge is 2.42. The molecule has 0 N–H and O–H groups in total. The first-order valence-corrected chi connectivity index (χ1v) is 9.32. The first kappa shape index (κ1) is 16.6. The lowest BCUT2D eigenvalue weighted by Crippen LogP contribution is -2.41. The first-order chi connectivity index (χ1) is 11.9. The zero-order chi connectivity index (χ0) is 17.6. The predicted octanol–water partition coefficient (Wildman–Crippen LogP) is 4.93. The van der Waals surface area contributed by atoms with E-state index in [4.69, 9.17) is 0 Å². The van der Waals surface area contributed by atoms with Gasteiger partial charge < -0.3 is 4.90 Å². The van der Waals surface area contributed by atoms with Gasteiger partial charge in [-0.25, -0.2) is 0 Å². The Morgan fingerprint density at radius 2 is 1.76 bits per heavy atom. The SMILES string of the molecule is O=C(c1cc2c(s1)-c1ccccc1CC2)N1CCC(C(F)(F)F)CC1. The maximum absolute atomic E-state index is 12.8. The van der Waals surface area contributed by atoms with E-state index in [1.807, 2.05) is 18.2 Å². The Morgan fingerprint density at radius 1 is 1.08 bits per heavy atom. The fourth-order valence-corrected chi connectivity index (χ4v) is 4.98. The van der Waals surface area contributed by atoms with E-state index in [-0.39, 0.29) is 31.8 Å². The van der Waals surface area contributed by atoms with Crippen LogP contribution in [0.5, 0.6) is 0 Å². The third kappa shape index (κ3) is 3.08. The lowest BCUT2D eigenvalue weighted by atomic mass is 9.91. The van der Waals surface area contributed by atoms with Crippen LogP contribution < -0.4 is 0 Å². The molecule has 2 heterocycles. The molecular formula is C19H18F3NOS. The van der Waals surface area contributed by atoms with Crippen LogP contribution in [-0.2, 0) is 12.8 Å². The van der Waals surface area contributed by atoms with Gasteiger partial charge in [0.2, 0.25) is 0 Å². The molecule has 0 atom stereocenters. The van der Waals surface area contributed by atoms with Crippen LogP contribution >= 0.6 is 11.3 Å². The summed E-state index contributed by atoms with van der Waals surface area (Å²) in [6.07, 6.45) is -2.27. The fraction of sp³-hybridized carbons (Fsp3) is 0.421. The van der Waals surface area contributed by atoms with Gasteiger partial charge in [-0.15, -0.1) is 11.3 Å². The standard InChI is InChI=1S/C19H18F3NOS/c20-19(21,22)14-7-9-23(10-8-14)18(24)16-11-13-6-5-12-3-1-2-4-15(12)17(13)25-16/h1-4,11,14H,5-10H2. The number of thiophene rings is 1. The molecule has 0 radical (unpaired) electrons. The molecule has 1 fully saturated rings. The molecule has 0 unspecified atom stereocenters. The van der Waals surface area contributed by atoms with Crippen molar-refractivity contribution >= 4 is 17.2 Å². The molecule has 2 aromatic rings. The van der Waals surface area contributed by atoms with E-state index in [0.717, 1.165) is 17.7 Å². The van der Waals surface area contributed by atoms with Crippen LogP contribution in [0, 0.1) is 5.92 Å². The Morgan fingerprint density at radius 3 is 2.48 bits per heavy atom. The van der Waals surface area contributed by atoms with Gasteiger partial charge in [-0.05, 0) is 48.4 Å². The molecular weight excluding hydrogens is 347 g/mol. The van der Waals surface area contributed by atoms with E-state index in [2.05, 4.69) is 12.1 Å². The van der Waals surface area contributed by atoms with E-state index < -0.39 is 12.1 Å². The number of likely N-dealkylation sites (tertiary alicyclic amines) is 1. The van der Waals surface area contributed by atoms with Crippen molar-refractivity contribution in [1.82, 2.24) is 4.90 Å². The number of fused-ring (bicyclic) bond motifs is 3. The van der Waals surface area contributed by atoms with Crippen LogP contribution in [0.15, 0.2) is 30.3 Å². The molecule has 4 rings (SSSR count). The second-order valence-electron chi connectivity index (χ2n) is 6.73. The third-order valence-corrected chi connectivity index (χ3v) is 6.39. The lowest BCUT2D eigenvalue weighted by Gasteiger charge is -2.32. The Bertz CT molecular complexity index is 803. The summed E-state index contributed by atoms with van der Waals surface area (Å²) in [5.74, 6) is -1.41. The minimum absolute atomic E-state index is 0.00314. The molecule has 0 saturated carbocycles. The highest BCUT2D eigenvalue weighted by atomic mass is 32.1. The molecule has 1 aliphatic carbocycles. The Balaban J connectivity index is 1.53. The number of nitrogens with zero attached hydrogens (tertiary/aromatic N) is 1. The molecule has 25 heavy (non-hydrogen) atoms. The molecule has 0 bridgehead atoms. The van der Waals surface area contributed by atoms with Crippen LogP contribution in [0.2, 0.25) is 0 Å². The minimum Gasteiger partial charge on any atom is -0.338 e. The van der Waals surface area contributed by atoms with Gasteiger partial charge in [0.15, 0.2) is 0 Å². The minimum atomic E-state index is -4.15. The smallest absolute Gasteiger partial charge is 0.338 e. The summed E-state index contributed by atoms with van der Waals surface area (Å²) in [7, 11) is 0. The number of benzene rings is 1. The molecule has 1 amide bonds. The number of aryl methyl sites for hydroxylation is 2. The maximum Gasteiger partial charge on any atom is 0.391 e. The molecule has 2 aliphatic rings. The molecule has 1 aromatic carbocycles. The Labute approximate surface area is 148 Å². The van der Waals surface area contributed by atoms with Crippen molar-refractivity contribution in [2.45, 2.75) is 31.9 Å². The fourth-order valence-electron chi connectivity index (χ4n) is 3.74. The van der Waals surface area contributed by atoms with Crippen LogP contribution in [0.1, 0.15) is 33.6 Å². The van der Waals surface area contributed by atoms with Crippen LogP contribution in [0.4, 0.5) is 13.2 Å². The number of amides is 1. The monoisotopic (exact) mass is 365 g/mol. The Hall–Kier alpha value is -1.82. The average molecular weight is 365 g/mol. The molecule has 132 valence electrons. The van der Waals surface area contributed by atoms with Gasteiger partial charge in [-0.2, -0.15) is 13.2 Å². The lowest BCUT2D eigenvalue weighted by molar-refractivity contribution is -0.183. The van der Waals surface area contributed by atoms with Gasteiger partial charge in [-0.3, -0.25) is 4.79 Å². The van der Waals surface area contributed by atoms with Crippen molar-refractivity contribution in [2.24, 2.45) is 5.92 Å². The maximum atomic E-state index is 12.8. The number of carbonyl (C=O) groups is 1. The number of hydrogen-bond donors (Lipinski definition) is 0. The van der Waals surface area contributed by atoms with Crippen molar-refractivity contribution in [1.29, 1.82) is 0 Å². The van der Waals surface area contributed by atoms with Crippen LogP contribution in [-0.4, -0.2) is 30.1 Å². The largest absolute Gasteiger partial charge is 0.391 e. The molecule has 2 nitrogen and oxygen atoms in total. The van der Waals surface area contributed by atoms with E-state index in [0.29, 0.717) is 4.88 Å². The zero-order valence-electron chi connectivity index (χ0n) is 13.6. The molecule has 1 saturated heterocycles. The summed E-state index contributed by atoms with van der Waals surface area (Å²) in [6, 6.07) is 10.1. The summed E-state index contributed by atoms with van der Waals surface area (Å²) in [4.78, 5) is 16.1. The molecule has 1 aromatic heterocycles. The van der Waals surface area contributed by atoms with E-state index in [9.17, 15) is 18.0 Å². The van der Waals surface area contributed by atoms with Gasteiger partial charge in [0.1, 0.15) is 0 Å². The highest BCUT2D eigenvalue weighted by Crippen LogP contribution is 2.40. The second kappa shape index (κ2) is 6.16. The van der Waals surface area contributed by atoms with Gasteiger partial charge in [0, 0.05) is 18.0 Å². The van der Waals surface area contributed by atoms with E-state index in [1.54, 1.807) is 4.90 Å². The summed E-state index contributed by atoms with van der Waals surface area (Å²) in [5, 5.41) is 0. The first-order valence-electron chi connectivity index (χ1n) is 8.50. The number of carbonyl (C=O) groups excluding carboxylic acids is 1. The van der Waals surface area contributed by atoms with Crippen molar-refractivity contribution in [3.8, 4) is 10.4 Å². The molecule has 0 spiro atoms. The van der Waals surface area contributed by atoms with Crippen LogP contribution in [0.25, 0.3) is 10.4 Å². The van der Waals surface area contributed by atoms with Crippen molar-refractivity contribution in [2.75, 3.05) is 13.1 Å². The van der Waals surface area contributed by atoms with Crippen molar-refractivity contribution in [3.63, 3.8) is 0 Å². The third-order valence-electron chi connectivity index (χ3n) is 5.19. The number of alkyl halides is 3. The highest BCUT2D eigenvalue weighted by molar-refractivity contribution is 7.17. The van der Waals surface area contributed by atoms with E-state index >= 15 is 0 Å². The van der Waals surface area contributed by atoms with Gasteiger partial charge in [0.25, 0.3) is 5.91 Å². The molecule has 6 heteroatoms. The van der Waals surface area contributed by atoms with Crippen molar-refractivity contribution < 1.29 is 18.0 Å². The second-order valence-corrected chi connectivity index (χ2v) is 7.78. The number of halogens is 3. The number of rotatable bonds is 1. The Kier molecular flexibility index (Phi) is 4.10. The quantitative estimate of drug-likeness (QED) is 0.702. The molecule has 1 aliphatic heterocycles. The van der Waals surface area contributed by atoms with Crippen molar-refractivity contribution in [3.05, 3.63) is 46.3 Å². The van der Waals surface area contributed by atoms with Gasteiger partial charge >= 0.3 is 6.18 Å². The average Bonchev–Trinajstić information content (AvgIpc) is 3.05. The zero-order valence-corrected chi connectivity index (χ0v) is 14.4. The summed E-state index contributed by atoms with van der Waals surface area (Å²) in [6.45, 7) is 0.365. The topological polar surface area (TPSA) is 20.3 Å². The normalized spacial score (nSPS) is 18.0. The van der Waals surface area contributed by atoms with Gasteiger partial charge in [0.05, 0.1) is 10.8 Å². The summed E-state index contributed by atoms with van der Waals surface area (Å²) < 4.78 is 38.4. The summed E-state index contributed by atoms with van der Waals surface area (Å²) >= 11 is 1.47. The number of piperidine rings is 1. The predicted molar refractivity (Wildman–Crippen MR) is 91.8 cm³/mol. The van der Waals surface area contributed by atoms with Gasteiger partial charge in [-0.1, -0.05) is 24.3 Å².